The fourth-order valence-corrected chi connectivity index (χ4v) is 1.92. The van der Waals surface area contributed by atoms with E-state index in [0.29, 0.717) is 25.0 Å². The van der Waals surface area contributed by atoms with Crippen LogP contribution in [0.5, 0.6) is 5.88 Å². The second-order valence-corrected chi connectivity index (χ2v) is 4.87. The lowest BCUT2D eigenvalue weighted by Crippen LogP contribution is -2.07. The summed E-state index contributed by atoms with van der Waals surface area (Å²) in [6.07, 6.45) is 0.950. The zero-order chi connectivity index (χ0) is 14.4. The Labute approximate surface area is 124 Å². The van der Waals surface area contributed by atoms with E-state index in [2.05, 4.69) is 22.2 Å². The van der Waals surface area contributed by atoms with Crippen LogP contribution in [0.2, 0.25) is 5.02 Å². The highest BCUT2D eigenvalue weighted by Gasteiger charge is 2.04. The van der Waals surface area contributed by atoms with Gasteiger partial charge in [-0.2, -0.15) is 4.98 Å². The van der Waals surface area contributed by atoms with E-state index in [9.17, 15) is 0 Å². The van der Waals surface area contributed by atoms with Crippen LogP contribution in [0.1, 0.15) is 24.6 Å². The molecule has 5 heteroatoms. The highest BCUT2D eigenvalue weighted by Crippen LogP contribution is 2.17. The summed E-state index contributed by atoms with van der Waals surface area (Å²) >= 11 is 6.12. The second kappa shape index (κ2) is 7.10. The van der Waals surface area contributed by atoms with Gasteiger partial charge in [0.05, 0.1) is 6.61 Å². The summed E-state index contributed by atoms with van der Waals surface area (Å²) < 4.78 is 5.54. The van der Waals surface area contributed by atoms with Crippen LogP contribution in [0.4, 0.5) is 5.95 Å². The number of hydrogen-bond acceptors (Lipinski definition) is 4. The molecule has 0 fully saturated rings. The van der Waals surface area contributed by atoms with Gasteiger partial charge in [0, 0.05) is 23.3 Å². The number of nitrogens with one attached hydrogen (secondary N) is 1. The molecule has 0 saturated carbocycles. The molecule has 2 aromatic rings. The van der Waals surface area contributed by atoms with Crippen LogP contribution >= 0.6 is 11.6 Å². The van der Waals surface area contributed by atoms with Crippen molar-refractivity contribution in [3.05, 3.63) is 46.6 Å². The Morgan fingerprint density at radius 3 is 2.80 bits per heavy atom. The molecule has 1 heterocycles. The Bertz CT molecular complexity index is 575. The first-order valence-corrected chi connectivity index (χ1v) is 7.02. The Hall–Kier alpha value is -1.81. The van der Waals surface area contributed by atoms with Crippen LogP contribution in [0.25, 0.3) is 0 Å². The number of ether oxygens (including phenoxy) is 1. The molecule has 0 spiro atoms. The van der Waals surface area contributed by atoms with Crippen LogP contribution in [0, 0.1) is 6.92 Å². The molecular weight excluding hydrogens is 274 g/mol. The number of hydrogen-bond donors (Lipinski definition) is 1. The molecule has 0 aliphatic carbocycles. The molecular formula is C15H18ClN3O. The summed E-state index contributed by atoms with van der Waals surface area (Å²) in [7, 11) is 0. The molecule has 1 aromatic heterocycles. The van der Waals surface area contributed by atoms with Gasteiger partial charge in [0.25, 0.3) is 0 Å². The van der Waals surface area contributed by atoms with Crippen LogP contribution in [0.15, 0.2) is 30.3 Å². The highest BCUT2D eigenvalue weighted by atomic mass is 35.5. The molecule has 0 saturated heterocycles. The summed E-state index contributed by atoms with van der Waals surface area (Å²) in [4.78, 5) is 8.67. The van der Waals surface area contributed by atoms with Gasteiger partial charge in [0.1, 0.15) is 0 Å². The first-order chi connectivity index (χ1) is 9.69. The van der Waals surface area contributed by atoms with E-state index in [0.717, 1.165) is 22.7 Å². The van der Waals surface area contributed by atoms with Crippen LogP contribution in [-0.4, -0.2) is 16.6 Å². The summed E-state index contributed by atoms with van der Waals surface area (Å²) in [6, 6.07) is 9.53. The van der Waals surface area contributed by atoms with Gasteiger partial charge in [-0.05, 0) is 25.0 Å². The molecule has 2 rings (SSSR count). The predicted octanol–water partition coefficient (Wildman–Crippen LogP) is 3.84. The van der Waals surface area contributed by atoms with Crippen molar-refractivity contribution in [3.8, 4) is 5.88 Å². The Balaban J connectivity index is 2.05. The van der Waals surface area contributed by atoms with E-state index in [-0.39, 0.29) is 0 Å². The third-order valence-corrected chi connectivity index (χ3v) is 3.05. The lowest BCUT2D eigenvalue weighted by atomic mass is 10.2. The number of halogens is 1. The lowest BCUT2D eigenvalue weighted by molar-refractivity contribution is 0.305. The third kappa shape index (κ3) is 4.10. The fraction of sp³-hybridized carbons (Fsp3) is 0.333. The normalized spacial score (nSPS) is 10.3. The van der Waals surface area contributed by atoms with Gasteiger partial charge in [-0.15, -0.1) is 0 Å². The maximum atomic E-state index is 6.12. The van der Waals surface area contributed by atoms with Crippen molar-refractivity contribution in [3.63, 3.8) is 0 Å². The Kier molecular flexibility index (Phi) is 5.18. The van der Waals surface area contributed by atoms with Gasteiger partial charge < -0.3 is 10.1 Å². The average Bonchev–Trinajstić information content (AvgIpc) is 2.44. The molecule has 0 radical (unpaired) electrons. The minimum absolute atomic E-state index is 0.552. The van der Waals surface area contributed by atoms with Gasteiger partial charge >= 0.3 is 0 Å². The van der Waals surface area contributed by atoms with Gasteiger partial charge in [-0.3, -0.25) is 0 Å². The number of rotatable bonds is 6. The summed E-state index contributed by atoms with van der Waals surface area (Å²) in [5.41, 5.74) is 1.88. The molecule has 0 aliphatic heterocycles. The SMILES string of the molecule is CCCOc1cc(C)nc(NCc2ccccc2Cl)n1. The minimum atomic E-state index is 0.552. The minimum Gasteiger partial charge on any atom is -0.478 e. The van der Waals surface area contributed by atoms with E-state index < -0.39 is 0 Å². The smallest absolute Gasteiger partial charge is 0.226 e. The molecule has 1 N–H and O–H groups in total. The molecule has 1 aromatic carbocycles. The van der Waals surface area contributed by atoms with E-state index in [4.69, 9.17) is 16.3 Å². The van der Waals surface area contributed by atoms with Gasteiger partial charge in [0.2, 0.25) is 11.8 Å². The summed E-state index contributed by atoms with van der Waals surface area (Å²) in [6.45, 7) is 5.21. The van der Waals surface area contributed by atoms with Crippen molar-refractivity contribution in [1.82, 2.24) is 9.97 Å². The monoisotopic (exact) mass is 291 g/mol. The predicted molar refractivity (Wildman–Crippen MR) is 81.3 cm³/mol. The number of aryl methyl sites for hydroxylation is 1. The van der Waals surface area contributed by atoms with Crippen molar-refractivity contribution in [2.45, 2.75) is 26.8 Å². The molecule has 0 bridgehead atoms. The maximum Gasteiger partial charge on any atom is 0.226 e. The summed E-state index contributed by atoms with van der Waals surface area (Å²) in [5.74, 6) is 1.15. The van der Waals surface area contributed by atoms with Crippen LogP contribution in [0.3, 0.4) is 0 Å². The summed E-state index contributed by atoms with van der Waals surface area (Å²) in [5, 5.41) is 3.90. The van der Waals surface area contributed by atoms with Gasteiger partial charge in [-0.1, -0.05) is 36.7 Å². The first-order valence-electron chi connectivity index (χ1n) is 6.65. The topological polar surface area (TPSA) is 47.0 Å². The van der Waals surface area contributed by atoms with Gasteiger partial charge in [-0.25, -0.2) is 4.98 Å². The first kappa shape index (κ1) is 14.6. The quantitative estimate of drug-likeness (QED) is 0.878. The third-order valence-electron chi connectivity index (χ3n) is 2.68. The van der Waals surface area contributed by atoms with E-state index in [1.165, 1.54) is 0 Å². The van der Waals surface area contributed by atoms with E-state index in [1.54, 1.807) is 0 Å². The molecule has 106 valence electrons. The lowest BCUT2D eigenvalue weighted by Gasteiger charge is -2.09. The van der Waals surface area contributed by atoms with Crippen molar-refractivity contribution in [2.75, 3.05) is 11.9 Å². The Morgan fingerprint density at radius 2 is 2.05 bits per heavy atom. The average molecular weight is 292 g/mol. The van der Waals surface area contributed by atoms with Crippen molar-refractivity contribution in [1.29, 1.82) is 0 Å². The van der Waals surface area contributed by atoms with Crippen LogP contribution in [-0.2, 0) is 6.54 Å². The molecule has 20 heavy (non-hydrogen) atoms. The highest BCUT2D eigenvalue weighted by molar-refractivity contribution is 6.31. The molecule has 4 nitrogen and oxygen atoms in total. The van der Waals surface area contributed by atoms with Crippen molar-refractivity contribution in [2.24, 2.45) is 0 Å². The fourth-order valence-electron chi connectivity index (χ4n) is 1.72. The van der Waals surface area contributed by atoms with Gasteiger partial charge in [0.15, 0.2) is 0 Å². The number of aromatic nitrogens is 2. The molecule has 0 unspecified atom stereocenters. The second-order valence-electron chi connectivity index (χ2n) is 4.46. The van der Waals surface area contributed by atoms with E-state index in [1.807, 2.05) is 37.3 Å². The maximum absolute atomic E-state index is 6.12. The molecule has 0 atom stereocenters. The zero-order valence-corrected chi connectivity index (χ0v) is 12.4. The van der Waals surface area contributed by atoms with Crippen molar-refractivity contribution >= 4 is 17.5 Å². The van der Waals surface area contributed by atoms with Crippen LogP contribution < -0.4 is 10.1 Å². The number of benzene rings is 1. The molecule has 0 aliphatic rings. The number of anilines is 1. The largest absolute Gasteiger partial charge is 0.478 e. The Morgan fingerprint density at radius 1 is 1.25 bits per heavy atom. The molecule has 0 amide bonds. The van der Waals surface area contributed by atoms with E-state index >= 15 is 0 Å². The van der Waals surface area contributed by atoms with Crippen molar-refractivity contribution < 1.29 is 4.74 Å². The number of nitrogens with zero attached hydrogens (tertiary/aromatic N) is 2. The standard InChI is InChI=1S/C15H18ClN3O/c1-3-8-20-14-9-11(2)18-15(19-14)17-10-12-6-4-5-7-13(12)16/h4-7,9H,3,8,10H2,1-2H3,(H,17,18,19). The zero-order valence-electron chi connectivity index (χ0n) is 11.7.